The number of nitrogens with zero attached hydrogens (tertiary/aromatic N) is 2. The average molecular weight is 397 g/mol. The molecular weight excluding hydrogens is 378 g/mol. The van der Waals surface area contributed by atoms with Gasteiger partial charge in [0.25, 0.3) is 17.5 Å². The van der Waals surface area contributed by atoms with Gasteiger partial charge in [-0.25, -0.2) is 4.79 Å². The molecule has 1 saturated heterocycles. The predicted molar refractivity (Wildman–Crippen MR) is 104 cm³/mol. The van der Waals surface area contributed by atoms with Crippen LogP contribution in [0.1, 0.15) is 33.6 Å². The number of hydrogen-bond donors (Lipinski definition) is 1. The van der Waals surface area contributed by atoms with Crippen molar-refractivity contribution in [2.24, 2.45) is 0 Å². The predicted octanol–water partition coefficient (Wildman–Crippen LogP) is 2.31. The summed E-state index contributed by atoms with van der Waals surface area (Å²) in [5, 5.41) is 13.2. The minimum atomic E-state index is -0.863. The van der Waals surface area contributed by atoms with Gasteiger partial charge in [0.15, 0.2) is 6.61 Å². The monoisotopic (exact) mass is 397 g/mol. The Hall–Kier alpha value is -3.75. The molecule has 1 aliphatic rings. The Morgan fingerprint density at radius 1 is 1.07 bits per heavy atom. The fraction of sp³-hybridized carbons (Fsp3) is 0.250. The second kappa shape index (κ2) is 8.96. The van der Waals surface area contributed by atoms with Crippen LogP contribution in [0.15, 0.2) is 48.5 Å². The number of non-ortho nitro benzene ring substituents is 1. The highest BCUT2D eigenvalue weighted by molar-refractivity contribution is 6.05. The Morgan fingerprint density at radius 3 is 2.41 bits per heavy atom. The summed E-state index contributed by atoms with van der Waals surface area (Å²) in [6.45, 7) is 0.772. The maximum Gasteiger partial charge on any atom is 0.341 e. The Balaban J connectivity index is 1.67. The molecule has 9 nitrogen and oxygen atoms in total. The Labute approximate surface area is 166 Å². The van der Waals surface area contributed by atoms with E-state index in [4.69, 9.17) is 4.74 Å². The van der Waals surface area contributed by atoms with E-state index in [0.29, 0.717) is 11.3 Å². The van der Waals surface area contributed by atoms with Gasteiger partial charge >= 0.3 is 5.97 Å². The highest BCUT2D eigenvalue weighted by atomic mass is 16.6. The van der Waals surface area contributed by atoms with Crippen LogP contribution in [0.25, 0.3) is 0 Å². The number of carbonyl (C=O) groups is 3. The molecule has 1 aliphatic heterocycles. The van der Waals surface area contributed by atoms with Gasteiger partial charge in [0.05, 0.1) is 16.2 Å². The Bertz CT molecular complexity index is 938. The number of anilines is 1. The molecule has 1 fully saturated rings. The molecule has 1 N–H and O–H groups in total. The maximum atomic E-state index is 12.5. The first-order valence-electron chi connectivity index (χ1n) is 9.05. The molecule has 0 aliphatic carbocycles. The van der Waals surface area contributed by atoms with Crippen molar-refractivity contribution in [3.8, 4) is 0 Å². The van der Waals surface area contributed by atoms with Gasteiger partial charge in [0, 0.05) is 30.8 Å². The summed E-state index contributed by atoms with van der Waals surface area (Å²) in [4.78, 5) is 48.8. The molecular formula is C20H19N3O6. The third kappa shape index (κ3) is 4.95. The molecule has 3 rings (SSSR count). The lowest BCUT2D eigenvalue weighted by molar-refractivity contribution is -0.384. The Morgan fingerprint density at radius 2 is 1.76 bits per heavy atom. The number of amides is 2. The van der Waals surface area contributed by atoms with E-state index in [1.165, 1.54) is 12.1 Å². The SMILES string of the molecule is O=C(COC(=O)c1cc([N+](=O)[O-])ccc1N1CCCC1)NC(=O)c1ccccc1. The van der Waals surface area contributed by atoms with Crippen LogP contribution in [-0.2, 0) is 9.53 Å². The zero-order valence-corrected chi connectivity index (χ0v) is 15.5. The second-order valence-electron chi connectivity index (χ2n) is 6.47. The van der Waals surface area contributed by atoms with Crippen LogP contribution in [0.4, 0.5) is 11.4 Å². The summed E-state index contributed by atoms with van der Waals surface area (Å²) in [5.41, 5.74) is 0.591. The van der Waals surface area contributed by atoms with Crippen LogP contribution in [0, 0.1) is 10.1 Å². The van der Waals surface area contributed by atoms with Crippen LogP contribution in [0.3, 0.4) is 0 Å². The smallest absolute Gasteiger partial charge is 0.341 e. The lowest BCUT2D eigenvalue weighted by Crippen LogP contribution is -2.34. The summed E-state index contributed by atoms with van der Waals surface area (Å²) in [5.74, 6) is -2.27. The van der Waals surface area contributed by atoms with Gasteiger partial charge in [-0.1, -0.05) is 18.2 Å². The molecule has 29 heavy (non-hydrogen) atoms. The first-order chi connectivity index (χ1) is 14.0. The lowest BCUT2D eigenvalue weighted by atomic mass is 10.1. The summed E-state index contributed by atoms with van der Waals surface area (Å²) in [7, 11) is 0. The maximum absolute atomic E-state index is 12.5. The van der Waals surface area contributed by atoms with Crippen molar-refractivity contribution in [2.75, 3.05) is 24.6 Å². The van der Waals surface area contributed by atoms with E-state index in [0.717, 1.165) is 32.0 Å². The van der Waals surface area contributed by atoms with Gasteiger partial charge in [-0.15, -0.1) is 0 Å². The molecule has 0 aromatic heterocycles. The van der Waals surface area contributed by atoms with Crippen LogP contribution < -0.4 is 10.2 Å². The standard InChI is InChI=1S/C20H19N3O6/c24-18(21-19(25)14-6-2-1-3-7-14)13-29-20(26)16-12-15(23(27)28)8-9-17(16)22-10-4-5-11-22/h1-3,6-9,12H,4-5,10-11,13H2,(H,21,24,25). The molecule has 2 aromatic carbocycles. The van der Waals surface area contributed by atoms with E-state index >= 15 is 0 Å². The number of rotatable bonds is 6. The number of imide groups is 1. The van der Waals surface area contributed by atoms with Crippen molar-refractivity contribution in [1.82, 2.24) is 5.32 Å². The van der Waals surface area contributed by atoms with Gasteiger partial charge < -0.3 is 9.64 Å². The van der Waals surface area contributed by atoms with Crippen molar-refractivity contribution in [2.45, 2.75) is 12.8 Å². The largest absolute Gasteiger partial charge is 0.452 e. The van der Waals surface area contributed by atoms with E-state index in [1.54, 1.807) is 30.3 Å². The zero-order chi connectivity index (χ0) is 20.8. The topological polar surface area (TPSA) is 119 Å². The molecule has 2 aromatic rings. The number of benzene rings is 2. The highest BCUT2D eigenvalue weighted by Gasteiger charge is 2.24. The van der Waals surface area contributed by atoms with Crippen LogP contribution in [-0.4, -0.2) is 42.4 Å². The molecule has 0 radical (unpaired) electrons. The number of hydrogen-bond acceptors (Lipinski definition) is 7. The summed E-state index contributed by atoms with van der Waals surface area (Å²) in [6, 6.07) is 12.1. The Kier molecular flexibility index (Phi) is 6.18. The van der Waals surface area contributed by atoms with E-state index in [2.05, 4.69) is 5.32 Å². The van der Waals surface area contributed by atoms with Crippen LogP contribution in [0.2, 0.25) is 0 Å². The van der Waals surface area contributed by atoms with Gasteiger partial charge in [-0.05, 0) is 31.0 Å². The number of esters is 1. The molecule has 150 valence electrons. The zero-order valence-electron chi connectivity index (χ0n) is 15.5. The van der Waals surface area contributed by atoms with Crippen molar-refractivity contribution in [1.29, 1.82) is 0 Å². The van der Waals surface area contributed by atoms with Crippen LogP contribution >= 0.6 is 0 Å². The summed E-state index contributed by atoms with van der Waals surface area (Å²) in [6.07, 6.45) is 1.91. The fourth-order valence-electron chi connectivity index (χ4n) is 3.07. The molecule has 1 heterocycles. The third-order valence-corrected chi connectivity index (χ3v) is 4.48. The third-order valence-electron chi connectivity index (χ3n) is 4.48. The number of nitro benzene ring substituents is 1. The molecule has 0 bridgehead atoms. The highest BCUT2D eigenvalue weighted by Crippen LogP contribution is 2.28. The van der Waals surface area contributed by atoms with Gasteiger partial charge in [-0.2, -0.15) is 0 Å². The van der Waals surface area contributed by atoms with Gasteiger partial charge in [0.1, 0.15) is 0 Å². The second-order valence-corrected chi connectivity index (χ2v) is 6.47. The molecule has 0 unspecified atom stereocenters. The minimum absolute atomic E-state index is 0.0169. The quantitative estimate of drug-likeness (QED) is 0.451. The van der Waals surface area contributed by atoms with E-state index in [9.17, 15) is 24.5 Å². The summed E-state index contributed by atoms with van der Waals surface area (Å²) < 4.78 is 5.01. The van der Waals surface area contributed by atoms with Crippen LogP contribution in [0.5, 0.6) is 0 Å². The van der Waals surface area contributed by atoms with Crippen molar-refractivity contribution in [3.63, 3.8) is 0 Å². The lowest BCUT2D eigenvalue weighted by Gasteiger charge is -2.20. The molecule has 9 heteroatoms. The van der Waals surface area contributed by atoms with Gasteiger partial charge in [-0.3, -0.25) is 25.0 Å². The number of ether oxygens (including phenoxy) is 1. The number of nitro groups is 1. The average Bonchev–Trinajstić information content (AvgIpc) is 3.26. The molecule has 0 atom stereocenters. The molecule has 0 spiro atoms. The van der Waals surface area contributed by atoms with E-state index < -0.39 is 29.3 Å². The van der Waals surface area contributed by atoms with Crippen molar-refractivity contribution in [3.05, 3.63) is 69.8 Å². The molecule has 0 saturated carbocycles. The fourth-order valence-corrected chi connectivity index (χ4v) is 3.07. The van der Waals surface area contributed by atoms with E-state index in [-0.39, 0.29) is 11.3 Å². The first-order valence-corrected chi connectivity index (χ1v) is 9.05. The van der Waals surface area contributed by atoms with Gasteiger partial charge in [0.2, 0.25) is 0 Å². The first kappa shape index (κ1) is 20.0. The number of nitrogens with one attached hydrogen (secondary N) is 1. The minimum Gasteiger partial charge on any atom is -0.452 e. The normalized spacial score (nSPS) is 13.0. The van der Waals surface area contributed by atoms with E-state index in [1.807, 2.05) is 4.90 Å². The van der Waals surface area contributed by atoms with Crippen molar-refractivity contribution >= 4 is 29.2 Å². The summed E-state index contributed by atoms with van der Waals surface area (Å²) >= 11 is 0. The molecule has 2 amide bonds. The number of carbonyl (C=O) groups excluding carboxylic acids is 3. The van der Waals surface area contributed by atoms with Crippen molar-refractivity contribution < 1.29 is 24.0 Å².